The van der Waals surface area contributed by atoms with Gasteiger partial charge in [0.25, 0.3) is 0 Å². The second kappa shape index (κ2) is 6.51. The van der Waals surface area contributed by atoms with Crippen LogP contribution in [0.25, 0.3) is 10.9 Å². The highest BCUT2D eigenvalue weighted by Gasteiger charge is 2.52. The number of nitrogens with zero attached hydrogens (tertiary/aromatic N) is 1. The molecule has 1 aliphatic rings. The lowest BCUT2D eigenvalue weighted by molar-refractivity contribution is -0.143. The van der Waals surface area contributed by atoms with E-state index in [-0.39, 0.29) is 5.97 Å². The molecule has 0 unspecified atom stereocenters. The Morgan fingerprint density at radius 3 is 2.36 bits per heavy atom. The molecule has 1 aromatic heterocycles. The predicted octanol–water partition coefficient (Wildman–Crippen LogP) is 4.21. The second-order valence-corrected chi connectivity index (χ2v) is 7.60. The first kappa shape index (κ1) is 18.3. The lowest BCUT2D eigenvalue weighted by atomic mass is 9.95. The number of carbonyl (C=O) groups excluding carboxylic acids is 1. The van der Waals surface area contributed by atoms with E-state index in [0.717, 1.165) is 46.1 Å². The molecule has 5 nitrogen and oxygen atoms in total. The summed E-state index contributed by atoms with van der Waals surface area (Å²) in [6.45, 7) is 4.77. The molecule has 0 atom stereocenters. The van der Waals surface area contributed by atoms with Crippen molar-refractivity contribution in [3.63, 3.8) is 0 Å². The molecule has 1 N–H and O–H groups in total. The highest BCUT2D eigenvalue weighted by Crippen LogP contribution is 2.49. The fraction of sp³-hybridized carbons (Fsp3) is 0.304. The van der Waals surface area contributed by atoms with Crippen molar-refractivity contribution >= 4 is 22.8 Å². The first-order chi connectivity index (χ1) is 13.4. The van der Waals surface area contributed by atoms with E-state index in [4.69, 9.17) is 4.74 Å². The zero-order valence-electron chi connectivity index (χ0n) is 16.3. The van der Waals surface area contributed by atoms with Crippen LogP contribution in [0, 0.1) is 13.8 Å². The van der Waals surface area contributed by atoms with Crippen molar-refractivity contribution in [3.8, 4) is 0 Å². The molecule has 0 bridgehead atoms. The number of methoxy groups -OCH3 is 1. The predicted molar refractivity (Wildman–Crippen MR) is 107 cm³/mol. The van der Waals surface area contributed by atoms with Crippen molar-refractivity contribution in [2.45, 2.75) is 38.6 Å². The minimum atomic E-state index is -0.915. The first-order valence-corrected chi connectivity index (χ1v) is 9.38. The van der Waals surface area contributed by atoms with Crippen LogP contribution in [0.5, 0.6) is 0 Å². The largest absolute Gasteiger partial charge is 0.478 e. The number of aryl methyl sites for hydroxylation is 1. The number of carbonyl (C=O) groups is 2. The summed E-state index contributed by atoms with van der Waals surface area (Å²) in [7, 11) is 1.44. The SMILES string of the molecule is COC(=O)C1(c2ccc(Cn3c(C)c(C)c4cc(C(=O)O)ccc43)cc2)CC1. The van der Waals surface area contributed by atoms with E-state index in [0.29, 0.717) is 12.1 Å². The monoisotopic (exact) mass is 377 g/mol. The highest BCUT2D eigenvalue weighted by atomic mass is 16.5. The van der Waals surface area contributed by atoms with Crippen molar-refractivity contribution in [1.82, 2.24) is 4.57 Å². The van der Waals surface area contributed by atoms with Crippen LogP contribution in [0.2, 0.25) is 0 Å². The van der Waals surface area contributed by atoms with Crippen molar-refractivity contribution < 1.29 is 19.4 Å². The number of esters is 1. The van der Waals surface area contributed by atoms with Gasteiger partial charge in [-0.2, -0.15) is 0 Å². The normalized spacial score (nSPS) is 14.8. The zero-order valence-corrected chi connectivity index (χ0v) is 16.3. The van der Waals surface area contributed by atoms with E-state index in [9.17, 15) is 14.7 Å². The zero-order chi connectivity index (χ0) is 20.1. The molecule has 0 saturated heterocycles. The molecule has 1 aliphatic carbocycles. The average molecular weight is 377 g/mol. The standard InChI is InChI=1S/C23H23NO4/c1-14-15(2)24(20-9-6-17(21(25)26)12-19(14)20)13-16-4-7-18(8-5-16)23(10-11-23)22(27)28-3/h4-9,12H,10-11,13H2,1-3H3,(H,25,26). The molecule has 2 aromatic carbocycles. The minimum Gasteiger partial charge on any atom is -0.478 e. The smallest absolute Gasteiger partial charge is 0.335 e. The number of carboxylic acid groups (broad SMARTS) is 1. The Labute approximate surface area is 163 Å². The molecule has 144 valence electrons. The van der Waals surface area contributed by atoms with E-state index in [1.165, 1.54) is 7.11 Å². The van der Waals surface area contributed by atoms with Crippen molar-refractivity contribution in [2.24, 2.45) is 0 Å². The summed E-state index contributed by atoms with van der Waals surface area (Å²) < 4.78 is 7.17. The lowest BCUT2D eigenvalue weighted by Gasteiger charge is -2.14. The van der Waals surface area contributed by atoms with E-state index >= 15 is 0 Å². The van der Waals surface area contributed by atoms with Crippen LogP contribution < -0.4 is 0 Å². The van der Waals surface area contributed by atoms with Gasteiger partial charge in [-0.15, -0.1) is 0 Å². The minimum absolute atomic E-state index is 0.155. The molecule has 0 amide bonds. The van der Waals surface area contributed by atoms with Gasteiger partial charge in [-0.3, -0.25) is 4.79 Å². The summed E-state index contributed by atoms with van der Waals surface area (Å²) in [5, 5.41) is 10.2. The number of rotatable bonds is 5. The van der Waals surface area contributed by atoms with Gasteiger partial charge in [-0.25, -0.2) is 4.79 Å². The summed E-state index contributed by atoms with van der Waals surface area (Å²) in [5.41, 5.74) is 5.23. The fourth-order valence-corrected chi connectivity index (χ4v) is 4.03. The Bertz CT molecular complexity index is 1090. The molecule has 3 aromatic rings. The van der Waals surface area contributed by atoms with Gasteiger partial charge < -0.3 is 14.4 Å². The van der Waals surface area contributed by atoms with Crippen LogP contribution in [0.15, 0.2) is 42.5 Å². The number of carboxylic acids is 1. The molecule has 0 aliphatic heterocycles. The topological polar surface area (TPSA) is 68.5 Å². The Morgan fingerprint density at radius 1 is 1.11 bits per heavy atom. The van der Waals surface area contributed by atoms with Crippen LogP contribution in [-0.2, 0) is 21.5 Å². The maximum absolute atomic E-state index is 12.1. The van der Waals surface area contributed by atoms with Crippen LogP contribution in [0.4, 0.5) is 0 Å². The van der Waals surface area contributed by atoms with Crippen LogP contribution >= 0.6 is 0 Å². The fourth-order valence-electron chi connectivity index (χ4n) is 4.03. The lowest BCUT2D eigenvalue weighted by Crippen LogP contribution is -2.21. The Hall–Kier alpha value is -3.08. The van der Waals surface area contributed by atoms with E-state index in [1.807, 2.05) is 25.1 Å². The third kappa shape index (κ3) is 2.78. The molecule has 4 rings (SSSR count). The molecule has 28 heavy (non-hydrogen) atoms. The summed E-state index contributed by atoms with van der Waals surface area (Å²) in [6, 6.07) is 13.4. The number of aromatic nitrogens is 1. The van der Waals surface area contributed by atoms with E-state index < -0.39 is 11.4 Å². The molecule has 5 heteroatoms. The third-order valence-corrected chi connectivity index (χ3v) is 6.06. The summed E-state index contributed by atoms with van der Waals surface area (Å²) in [4.78, 5) is 23.4. The quantitative estimate of drug-likeness (QED) is 0.677. The van der Waals surface area contributed by atoms with Crippen molar-refractivity contribution in [1.29, 1.82) is 0 Å². The second-order valence-electron chi connectivity index (χ2n) is 7.60. The molecule has 0 spiro atoms. The number of ether oxygens (including phenoxy) is 1. The third-order valence-electron chi connectivity index (χ3n) is 6.06. The van der Waals surface area contributed by atoms with E-state index in [1.54, 1.807) is 12.1 Å². The van der Waals surface area contributed by atoms with Gasteiger partial charge >= 0.3 is 11.9 Å². The summed E-state index contributed by atoms with van der Waals surface area (Å²) in [5.74, 6) is -1.07. The molecule has 1 fully saturated rings. The summed E-state index contributed by atoms with van der Waals surface area (Å²) in [6.07, 6.45) is 1.68. The Morgan fingerprint density at radius 2 is 1.79 bits per heavy atom. The molecule has 0 radical (unpaired) electrons. The van der Waals surface area contributed by atoms with Crippen LogP contribution in [0.1, 0.15) is 45.6 Å². The van der Waals surface area contributed by atoms with Gasteiger partial charge in [-0.05, 0) is 61.6 Å². The molecular weight excluding hydrogens is 354 g/mol. The van der Waals surface area contributed by atoms with Crippen molar-refractivity contribution in [2.75, 3.05) is 7.11 Å². The molecule has 1 saturated carbocycles. The number of hydrogen-bond acceptors (Lipinski definition) is 3. The molecular formula is C23H23NO4. The maximum Gasteiger partial charge on any atom is 0.335 e. The summed E-state index contributed by atoms with van der Waals surface area (Å²) >= 11 is 0. The van der Waals surface area contributed by atoms with Crippen LogP contribution in [0.3, 0.4) is 0 Å². The Balaban J connectivity index is 1.66. The van der Waals surface area contributed by atoms with Gasteiger partial charge in [0.2, 0.25) is 0 Å². The van der Waals surface area contributed by atoms with Gasteiger partial charge in [-0.1, -0.05) is 24.3 Å². The van der Waals surface area contributed by atoms with Gasteiger partial charge in [0, 0.05) is 23.1 Å². The van der Waals surface area contributed by atoms with E-state index in [2.05, 4.69) is 23.6 Å². The number of fused-ring (bicyclic) bond motifs is 1. The van der Waals surface area contributed by atoms with Crippen LogP contribution in [-0.4, -0.2) is 28.7 Å². The van der Waals surface area contributed by atoms with Gasteiger partial charge in [0.05, 0.1) is 18.1 Å². The number of hydrogen-bond donors (Lipinski definition) is 1. The van der Waals surface area contributed by atoms with Crippen molar-refractivity contribution in [3.05, 3.63) is 70.4 Å². The average Bonchev–Trinajstić information content (AvgIpc) is 3.48. The maximum atomic E-state index is 12.1. The first-order valence-electron chi connectivity index (χ1n) is 9.38. The Kier molecular flexibility index (Phi) is 4.26. The molecule has 1 heterocycles. The van der Waals surface area contributed by atoms with Gasteiger partial charge in [0.1, 0.15) is 0 Å². The number of benzene rings is 2. The van der Waals surface area contributed by atoms with Gasteiger partial charge in [0.15, 0.2) is 0 Å². The highest BCUT2D eigenvalue weighted by molar-refractivity contribution is 5.95. The number of aromatic carboxylic acids is 1.